The first-order valence-corrected chi connectivity index (χ1v) is 9.76. The third kappa shape index (κ3) is 4.65. The molecular formula is C23H21FN2O5. The predicted molar refractivity (Wildman–Crippen MR) is 110 cm³/mol. The number of halogens is 1. The molecule has 0 radical (unpaired) electrons. The highest BCUT2D eigenvalue weighted by Crippen LogP contribution is 2.27. The second kappa shape index (κ2) is 9.11. The van der Waals surface area contributed by atoms with Gasteiger partial charge in [-0.3, -0.25) is 9.59 Å². The summed E-state index contributed by atoms with van der Waals surface area (Å²) in [6.45, 7) is 0.0433. The van der Waals surface area contributed by atoms with Crippen LogP contribution in [0.4, 0.5) is 10.1 Å². The average molecular weight is 424 g/mol. The van der Waals surface area contributed by atoms with E-state index in [1.807, 2.05) is 0 Å². The molecule has 1 fully saturated rings. The molecule has 7 nitrogen and oxygen atoms in total. The van der Waals surface area contributed by atoms with E-state index in [-0.39, 0.29) is 37.3 Å². The molecule has 1 saturated heterocycles. The molecule has 1 aromatic heterocycles. The Kier molecular flexibility index (Phi) is 6.11. The maximum absolute atomic E-state index is 14.1. The summed E-state index contributed by atoms with van der Waals surface area (Å²) in [4.78, 5) is 26.0. The van der Waals surface area contributed by atoms with Gasteiger partial charge in [-0.15, -0.1) is 0 Å². The van der Waals surface area contributed by atoms with Gasteiger partial charge in [-0.2, -0.15) is 0 Å². The second-order valence-electron chi connectivity index (χ2n) is 7.19. The zero-order valence-electron chi connectivity index (χ0n) is 16.5. The smallest absolute Gasteiger partial charge is 0.291 e. The summed E-state index contributed by atoms with van der Waals surface area (Å²) >= 11 is 0. The molecule has 0 saturated carbocycles. The van der Waals surface area contributed by atoms with Crippen molar-refractivity contribution in [2.24, 2.45) is 0 Å². The van der Waals surface area contributed by atoms with Crippen LogP contribution in [0.1, 0.15) is 27.8 Å². The van der Waals surface area contributed by atoms with Crippen molar-refractivity contribution in [1.29, 1.82) is 0 Å². The zero-order chi connectivity index (χ0) is 21.8. The normalized spacial score (nSPS) is 17.4. The van der Waals surface area contributed by atoms with Crippen molar-refractivity contribution in [3.8, 4) is 0 Å². The highest BCUT2D eigenvalue weighted by molar-refractivity contribution is 6.02. The van der Waals surface area contributed by atoms with Gasteiger partial charge in [0.1, 0.15) is 18.5 Å². The number of hydrogen-bond acceptors (Lipinski definition) is 5. The number of furan rings is 1. The largest absolute Gasteiger partial charge is 0.459 e. The third-order valence-corrected chi connectivity index (χ3v) is 5.15. The molecule has 0 bridgehead atoms. The number of nitrogens with zero attached hydrogens (tertiary/aromatic N) is 1. The lowest BCUT2D eigenvalue weighted by Gasteiger charge is -2.38. The van der Waals surface area contributed by atoms with Gasteiger partial charge >= 0.3 is 0 Å². The van der Waals surface area contributed by atoms with E-state index in [4.69, 9.17) is 9.15 Å². The van der Waals surface area contributed by atoms with Crippen molar-refractivity contribution in [2.45, 2.75) is 18.7 Å². The minimum Gasteiger partial charge on any atom is -0.459 e. The average Bonchev–Trinajstić information content (AvgIpc) is 3.32. The molecule has 0 aliphatic carbocycles. The zero-order valence-corrected chi connectivity index (χ0v) is 16.5. The fraction of sp³-hybridized carbons (Fsp3) is 0.217. The highest BCUT2D eigenvalue weighted by atomic mass is 19.1. The number of aliphatic hydroxyl groups excluding tert-OH is 1. The first kappa shape index (κ1) is 20.8. The van der Waals surface area contributed by atoms with E-state index in [1.165, 1.54) is 17.2 Å². The summed E-state index contributed by atoms with van der Waals surface area (Å²) in [5.74, 6) is -0.932. The standard InChI is InChI=1S/C23H21FN2O5/c24-18-5-2-1-4-16(18)12-26-19(13-30-14-21(26)27)22(28)15-7-9-17(10-8-15)25-23(29)20-6-3-11-31-20/h1-11,19,22,28H,12-14H2,(H,25,29)/t19-,22-/m1/s1. The minimum atomic E-state index is -1.05. The van der Waals surface area contributed by atoms with Crippen LogP contribution in [0.5, 0.6) is 0 Å². The Morgan fingerprint density at radius 1 is 1.16 bits per heavy atom. The number of carbonyl (C=O) groups is 2. The van der Waals surface area contributed by atoms with Gasteiger partial charge in [-0.05, 0) is 35.9 Å². The van der Waals surface area contributed by atoms with Crippen LogP contribution in [0, 0.1) is 5.82 Å². The molecule has 2 heterocycles. The molecule has 31 heavy (non-hydrogen) atoms. The molecule has 1 aliphatic heterocycles. The minimum absolute atomic E-state index is 0.0356. The van der Waals surface area contributed by atoms with Crippen molar-refractivity contribution in [1.82, 2.24) is 4.90 Å². The molecule has 2 N–H and O–H groups in total. The summed E-state index contributed by atoms with van der Waals surface area (Å²) in [6, 6.07) is 15.3. The van der Waals surface area contributed by atoms with Crippen LogP contribution in [0.25, 0.3) is 0 Å². The molecule has 2 amide bonds. The van der Waals surface area contributed by atoms with Gasteiger partial charge in [0.05, 0.1) is 18.9 Å². The molecule has 160 valence electrons. The summed E-state index contributed by atoms with van der Waals surface area (Å²) in [5, 5.41) is 13.6. The predicted octanol–water partition coefficient (Wildman–Crippen LogP) is 3.13. The van der Waals surface area contributed by atoms with Crippen LogP contribution < -0.4 is 5.32 Å². The van der Waals surface area contributed by atoms with E-state index >= 15 is 0 Å². The Morgan fingerprint density at radius 3 is 2.65 bits per heavy atom. The molecule has 2 atom stereocenters. The van der Waals surface area contributed by atoms with Crippen LogP contribution in [-0.4, -0.2) is 41.1 Å². The monoisotopic (exact) mass is 424 g/mol. The van der Waals surface area contributed by atoms with Gasteiger partial charge in [0, 0.05) is 17.8 Å². The number of aliphatic hydroxyl groups is 1. The van der Waals surface area contributed by atoms with Crippen LogP contribution in [0.2, 0.25) is 0 Å². The van der Waals surface area contributed by atoms with E-state index < -0.39 is 18.0 Å². The first-order chi connectivity index (χ1) is 15.0. The van der Waals surface area contributed by atoms with Crippen LogP contribution in [0.3, 0.4) is 0 Å². The lowest BCUT2D eigenvalue weighted by molar-refractivity contribution is -0.155. The number of nitrogens with one attached hydrogen (secondary N) is 1. The molecule has 2 aromatic carbocycles. The van der Waals surface area contributed by atoms with E-state index in [9.17, 15) is 19.1 Å². The molecular weight excluding hydrogens is 403 g/mol. The van der Waals surface area contributed by atoms with Gasteiger partial charge in [0.15, 0.2) is 5.76 Å². The summed E-state index contributed by atoms with van der Waals surface area (Å²) in [6.07, 6.45) is 0.362. The topological polar surface area (TPSA) is 92.0 Å². The number of rotatable bonds is 6. The number of amides is 2. The van der Waals surface area contributed by atoms with Gasteiger partial charge in [0.25, 0.3) is 5.91 Å². The van der Waals surface area contributed by atoms with Crippen molar-refractivity contribution >= 4 is 17.5 Å². The van der Waals surface area contributed by atoms with Crippen LogP contribution in [-0.2, 0) is 16.1 Å². The highest BCUT2D eigenvalue weighted by Gasteiger charge is 2.35. The van der Waals surface area contributed by atoms with Crippen molar-refractivity contribution in [3.05, 3.63) is 89.6 Å². The van der Waals surface area contributed by atoms with Crippen molar-refractivity contribution < 1.29 is 28.2 Å². The van der Waals surface area contributed by atoms with Crippen molar-refractivity contribution in [2.75, 3.05) is 18.5 Å². The van der Waals surface area contributed by atoms with Gasteiger partial charge < -0.3 is 24.5 Å². The fourth-order valence-electron chi connectivity index (χ4n) is 3.49. The van der Waals surface area contributed by atoms with Gasteiger partial charge in [-0.1, -0.05) is 30.3 Å². The Bertz CT molecular complexity index is 1050. The quantitative estimate of drug-likeness (QED) is 0.634. The number of morpholine rings is 1. The Balaban J connectivity index is 1.48. The fourth-order valence-corrected chi connectivity index (χ4v) is 3.49. The van der Waals surface area contributed by atoms with Crippen molar-refractivity contribution in [3.63, 3.8) is 0 Å². The first-order valence-electron chi connectivity index (χ1n) is 9.76. The lowest BCUT2D eigenvalue weighted by atomic mass is 9.99. The third-order valence-electron chi connectivity index (χ3n) is 5.15. The Morgan fingerprint density at radius 2 is 1.94 bits per heavy atom. The number of anilines is 1. The van der Waals surface area contributed by atoms with E-state index in [2.05, 4.69) is 5.32 Å². The second-order valence-corrected chi connectivity index (χ2v) is 7.19. The lowest BCUT2D eigenvalue weighted by Crippen LogP contribution is -2.51. The molecule has 3 aromatic rings. The Labute approximate surface area is 178 Å². The Hall–Kier alpha value is -3.49. The SMILES string of the molecule is O=C(Nc1ccc([C@@H](O)[C@H]2COCC(=O)N2Cc2ccccc2F)cc1)c1ccco1. The summed E-state index contributed by atoms with van der Waals surface area (Å²) < 4.78 is 24.5. The van der Waals surface area contributed by atoms with E-state index in [0.29, 0.717) is 16.8 Å². The van der Waals surface area contributed by atoms with Crippen LogP contribution >= 0.6 is 0 Å². The maximum atomic E-state index is 14.1. The molecule has 0 unspecified atom stereocenters. The van der Waals surface area contributed by atoms with E-state index in [0.717, 1.165) is 0 Å². The number of hydrogen-bond donors (Lipinski definition) is 2. The molecule has 4 rings (SSSR count). The molecule has 8 heteroatoms. The summed E-state index contributed by atoms with van der Waals surface area (Å²) in [5.41, 5.74) is 1.43. The summed E-state index contributed by atoms with van der Waals surface area (Å²) in [7, 11) is 0. The van der Waals surface area contributed by atoms with Crippen LogP contribution in [0.15, 0.2) is 71.3 Å². The number of carbonyl (C=O) groups excluding carboxylic acids is 2. The maximum Gasteiger partial charge on any atom is 0.291 e. The van der Waals surface area contributed by atoms with Gasteiger partial charge in [0.2, 0.25) is 5.91 Å². The molecule has 0 spiro atoms. The van der Waals surface area contributed by atoms with E-state index in [1.54, 1.807) is 54.6 Å². The van der Waals surface area contributed by atoms with Gasteiger partial charge in [-0.25, -0.2) is 4.39 Å². The molecule has 1 aliphatic rings. The number of ether oxygens (including phenoxy) is 1. The number of benzene rings is 2.